The molecule has 3 aromatic rings. The molecule has 1 aliphatic rings. The Morgan fingerprint density at radius 1 is 1.14 bits per heavy atom. The van der Waals surface area contributed by atoms with Gasteiger partial charge in [-0.25, -0.2) is 12.8 Å². The predicted molar refractivity (Wildman–Crippen MR) is 111 cm³/mol. The van der Waals surface area contributed by atoms with Gasteiger partial charge in [0.25, 0.3) is 10.0 Å². The highest BCUT2D eigenvalue weighted by atomic mass is 32.2. The molecule has 0 fully saturated rings. The average molecular weight is 431 g/mol. The molecule has 0 radical (unpaired) electrons. The highest BCUT2D eigenvalue weighted by molar-refractivity contribution is 7.91. The number of benzene rings is 2. The lowest BCUT2D eigenvalue weighted by Gasteiger charge is -2.34. The lowest BCUT2D eigenvalue weighted by atomic mass is 9.95. The SMILES string of the molecule is Cc1ccc(NC(=O)C2Cc3ccccc3CN2S(=O)(=O)c2cccs2)c(F)c1. The molecule has 0 spiro atoms. The van der Waals surface area contributed by atoms with E-state index in [4.69, 9.17) is 0 Å². The van der Waals surface area contributed by atoms with Gasteiger partial charge < -0.3 is 5.32 Å². The van der Waals surface area contributed by atoms with Gasteiger partial charge in [-0.3, -0.25) is 4.79 Å². The van der Waals surface area contributed by atoms with Crippen LogP contribution in [0.4, 0.5) is 10.1 Å². The van der Waals surface area contributed by atoms with Gasteiger partial charge in [-0.1, -0.05) is 36.4 Å². The number of rotatable bonds is 4. The normalized spacial score (nSPS) is 17.0. The van der Waals surface area contributed by atoms with Crippen molar-refractivity contribution in [2.45, 2.75) is 30.1 Å². The van der Waals surface area contributed by atoms with Crippen LogP contribution in [0.5, 0.6) is 0 Å². The van der Waals surface area contributed by atoms with E-state index in [1.165, 1.54) is 22.5 Å². The third-order valence-corrected chi connectivity index (χ3v) is 8.18. The Kier molecular flexibility index (Phi) is 5.24. The summed E-state index contributed by atoms with van der Waals surface area (Å²) >= 11 is 1.11. The molecule has 29 heavy (non-hydrogen) atoms. The number of nitrogens with zero attached hydrogens (tertiary/aromatic N) is 1. The smallest absolute Gasteiger partial charge is 0.253 e. The van der Waals surface area contributed by atoms with Gasteiger partial charge in [0.15, 0.2) is 0 Å². The molecule has 1 aromatic heterocycles. The topological polar surface area (TPSA) is 66.5 Å². The van der Waals surface area contributed by atoms with Crippen molar-refractivity contribution < 1.29 is 17.6 Å². The fourth-order valence-corrected chi connectivity index (χ4v) is 6.12. The minimum absolute atomic E-state index is 0.0351. The van der Waals surface area contributed by atoms with Gasteiger partial charge in [0.1, 0.15) is 16.1 Å². The van der Waals surface area contributed by atoms with Crippen LogP contribution in [-0.4, -0.2) is 24.7 Å². The summed E-state index contributed by atoms with van der Waals surface area (Å²) in [6.45, 7) is 1.84. The number of halogens is 1. The van der Waals surface area contributed by atoms with E-state index < -0.39 is 27.8 Å². The Hall–Kier alpha value is -2.55. The Labute approximate surface area is 172 Å². The number of sulfonamides is 1. The standard InChI is InChI=1S/C21H19FN2O3S2/c1-14-8-9-18(17(22)11-14)23-21(25)19-12-15-5-2-3-6-16(15)13-24(19)29(26,27)20-7-4-10-28-20/h2-11,19H,12-13H2,1H3,(H,23,25). The van der Waals surface area contributed by atoms with Crippen molar-refractivity contribution in [1.82, 2.24) is 4.31 Å². The van der Waals surface area contributed by atoms with E-state index in [1.54, 1.807) is 24.4 Å². The summed E-state index contributed by atoms with van der Waals surface area (Å²) in [4.78, 5) is 13.1. The molecule has 4 rings (SSSR count). The quantitative estimate of drug-likeness (QED) is 0.682. The molecule has 2 aromatic carbocycles. The maximum atomic E-state index is 14.2. The van der Waals surface area contributed by atoms with Gasteiger partial charge in [0.2, 0.25) is 5.91 Å². The van der Waals surface area contributed by atoms with Crippen LogP contribution in [0.1, 0.15) is 16.7 Å². The second-order valence-electron chi connectivity index (χ2n) is 6.94. The first-order chi connectivity index (χ1) is 13.9. The minimum atomic E-state index is -3.87. The molecule has 1 amide bonds. The Bertz CT molecular complexity index is 1160. The van der Waals surface area contributed by atoms with E-state index in [-0.39, 0.29) is 22.9 Å². The van der Waals surface area contributed by atoms with E-state index >= 15 is 0 Å². The van der Waals surface area contributed by atoms with Crippen LogP contribution in [0.25, 0.3) is 0 Å². The van der Waals surface area contributed by atoms with Crippen LogP contribution >= 0.6 is 11.3 Å². The van der Waals surface area contributed by atoms with Gasteiger partial charge in [0.05, 0.1) is 5.69 Å². The van der Waals surface area contributed by atoms with Crippen LogP contribution in [0, 0.1) is 12.7 Å². The maximum absolute atomic E-state index is 14.2. The zero-order valence-electron chi connectivity index (χ0n) is 15.6. The fraction of sp³-hybridized carbons (Fsp3) is 0.190. The number of nitrogens with one attached hydrogen (secondary N) is 1. The van der Waals surface area contributed by atoms with Gasteiger partial charge >= 0.3 is 0 Å². The monoisotopic (exact) mass is 430 g/mol. The minimum Gasteiger partial charge on any atom is -0.322 e. The summed E-state index contributed by atoms with van der Waals surface area (Å²) in [6.07, 6.45) is 0.222. The number of amides is 1. The predicted octanol–water partition coefficient (Wildman–Crippen LogP) is 3.95. The molecule has 150 valence electrons. The zero-order chi connectivity index (χ0) is 20.6. The summed E-state index contributed by atoms with van der Waals surface area (Å²) in [7, 11) is -3.87. The first-order valence-electron chi connectivity index (χ1n) is 9.05. The van der Waals surface area contributed by atoms with Crippen LogP contribution < -0.4 is 5.32 Å². The number of thiophene rings is 1. The highest BCUT2D eigenvalue weighted by Crippen LogP contribution is 2.31. The number of hydrogen-bond acceptors (Lipinski definition) is 4. The molecule has 5 nitrogen and oxygen atoms in total. The molecule has 1 unspecified atom stereocenters. The van der Waals surface area contributed by atoms with Crippen molar-refractivity contribution in [3.63, 3.8) is 0 Å². The van der Waals surface area contributed by atoms with Crippen LogP contribution in [-0.2, 0) is 27.8 Å². The summed E-state index contributed by atoms with van der Waals surface area (Å²) in [6, 6.07) is 14.2. The largest absolute Gasteiger partial charge is 0.322 e. The maximum Gasteiger partial charge on any atom is 0.253 e. The Balaban J connectivity index is 1.71. The van der Waals surface area contributed by atoms with Crippen LogP contribution in [0.15, 0.2) is 64.2 Å². The zero-order valence-corrected chi connectivity index (χ0v) is 17.3. The molecule has 1 N–H and O–H groups in total. The van der Waals surface area contributed by atoms with E-state index in [0.29, 0.717) is 0 Å². The molecule has 8 heteroatoms. The molecule has 1 aliphatic heterocycles. The average Bonchev–Trinajstić information content (AvgIpc) is 3.25. The fourth-order valence-electron chi connectivity index (χ4n) is 3.44. The first-order valence-corrected chi connectivity index (χ1v) is 11.4. The number of fused-ring (bicyclic) bond motifs is 1. The Morgan fingerprint density at radius 2 is 1.90 bits per heavy atom. The van der Waals surface area contributed by atoms with Gasteiger partial charge in [-0.05, 0) is 53.6 Å². The number of anilines is 1. The molecule has 1 atom stereocenters. The third kappa shape index (κ3) is 3.83. The van der Waals surface area contributed by atoms with Crippen molar-refractivity contribution in [1.29, 1.82) is 0 Å². The van der Waals surface area contributed by atoms with E-state index in [0.717, 1.165) is 28.0 Å². The lowest BCUT2D eigenvalue weighted by molar-refractivity contribution is -0.120. The van der Waals surface area contributed by atoms with Crippen molar-refractivity contribution in [2.75, 3.05) is 5.32 Å². The molecular formula is C21H19FN2O3S2. The summed E-state index contributed by atoms with van der Waals surface area (Å²) in [5, 5.41) is 4.25. The molecule has 0 saturated carbocycles. The second-order valence-corrected chi connectivity index (χ2v) is 10.0. The van der Waals surface area contributed by atoms with Crippen molar-refractivity contribution in [2.24, 2.45) is 0 Å². The second kappa shape index (κ2) is 7.70. The van der Waals surface area contributed by atoms with E-state index in [1.807, 2.05) is 24.3 Å². The van der Waals surface area contributed by atoms with Crippen LogP contribution in [0.3, 0.4) is 0 Å². The van der Waals surface area contributed by atoms with Gasteiger partial charge in [-0.2, -0.15) is 4.31 Å². The van der Waals surface area contributed by atoms with E-state index in [9.17, 15) is 17.6 Å². The third-order valence-electron chi connectivity index (χ3n) is 4.95. The van der Waals surface area contributed by atoms with E-state index in [2.05, 4.69) is 5.32 Å². The van der Waals surface area contributed by atoms with Crippen molar-refractivity contribution >= 4 is 33.0 Å². The van der Waals surface area contributed by atoms with Crippen molar-refractivity contribution in [3.8, 4) is 0 Å². The molecule has 2 heterocycles. The lowest BCUT2D eigenvalue weighted by Crippen LogP contribution is -2.50. The number of carbonyl (C=O) groups is 1. The van der Waals surface area contributed by atoms with Gasteiger partial charge in [0, 0.05) is 6.54 Å². The molecule has 0 bridgehead atoms. The van der Waals surface area contributed by atoms with Gasteiger partial charge in [-0.15, -0.1) is 11.3 Å². The summed E-state index contributed by atoms with van der Waals surface area (Å²) in [5.41, 5.74) is 2.54. The molecule has 0 saturated heterocycles. The number of carbonyl (C=O) groups excluding carboxylic acids is 1. The first kappa shape index (κ1) is 19.8. The molecular weight excluding hydrogens is 411 g/mol. The molecule has 0 aliphatic carbocycles. The Morgan fingerprint density at radius 3 is 2.59 bits per heavy atom. The highest BCUT2D eigenvalue weighted by Gasteiger charge is 2.40. The number of hydrogen-bond donors (Lipinski definition) is 1. The summed E-state index contributed by atoms with van der Waals surface area (Å²) in [5.74, 6) is -1.11. The summed E-state index contributed by atoms with van der Waals surface area (Å²) < 4.78 is 42.1. The van der Waals surface area contributed by atoms with Crippen molar-refractivity contribution in [3.05, 3.63) is 82.5 Å². The van der Waals surface area contributed by atoms with Crippen LogP contribution in [0.2, 0.25) is 0 Å². The number of aryl methyl sites for hydroxylation is 1.